The summed E-state index contributed by atoms with van der Waals surface area (Å²) in [6.07, 6.45) is -2.36. The minimum absolute atomic E-state index is 0.133. The third-order valence-electron chi connectivity index (χ3n) is 5.64. The van der Waals surface area contributed by atoms with Gasteiger partial charge in [-0.25, -0.2) is 0 Å². The van der Waals surface area contributed by atoms with Gasteiger partial charge in [-0.1, -0.05) is 0 Å². The molecule has 5 atom stereocenters. The van der Waals surface area contributed by atoms with Gasteiger partial charge in [-0.3, -0.25) is 14.4 Å². The molecule has 0 spiro atoms. The van der Waals surface area contributed by atoms with Crippen LogP contribution in [-0.4, -0.2) is 74.6 Å². The smallest absolute Gasteiger partial charge is 0.302 e. The summed E-state index contributed by atoms with van der Waals surface area (Å²) in [5.41, 5.74) is -3.07. The van der Waals surface area contributed by atoms with E-state index in [1.165, 1.54) is 6.07 Å². The van der Waals surface area contributed by atoms with Crippen molar-refractivity contribution in [1.82, 2.24) is 0 Å². The number of aliphatic hydroxyl groups excluding tert-OH is 3. The van der Waals surface area contributed by atoms with Crippen molar-refractivity contribution < 1.29 is 53.7 Å². The molecule has 4 rings (SSSR count). The van der Waals surface area contributed by atoms with Crippen LogP contribution in [0.15, 0.2) is 51.9 Å². The average Bonchev–Trinajstić information content (AvgIpc) is 2.80. The molecule has 0 saturated carbocycles. The lowest BCUT2D eigenvalue weighted by molar-refractivity contribution is -0.278. The highest BCUT2D eigenvalue weighted by Crippen LogP contribution is 2.33. The Labute approximate surface area is 196 Å². The Kier molecular flexibility index (Phi) is 6.49. The lowest BCUT2D eigenvalue weighted by atomic mass is 9.90. The summed E-state index contributed by atoms with van der Waals surface area (Å²) in [6.45, 7) is 0.725. The Morgan fingerprint density at radius 3 is 2.43 bits per heavy atom. The second-order valence-corrected chi connectivity index (χ2v) is 8.12. The molecule has 2 aromatic rings. The molecular weight excluding hydrogens is 468 g/mol. The first kappa shape index (κ1) is 24.6. The van der Waals surface area contributed by atoms with Crippen molar-refractivity contribution in [1.29, 1.82) is 0 Å². The van der Waals surface area contributed by atoms with Crippen molar-refractivity contribution in [2.24, 2.45) is 0 Å². The zero-order valence-electron chi connectivity index (χ0n) is 18.2. The molecule has 2 heterocycles. The van der Waals surface area contributed by atoms with Gasteiger partial charge in [0.05, 0.1) is 5.56 Å². The van der Waals surface area contributed by atoms with Crippen molar-refractivity contribution in [3.63, 3.8) is 0 Å². The molecule has 2 aliphatic rings. The predicted molar refractivity (Wildman–Crippen MR) is 115 cm³/mol. The molecule has 1 aromatic heterocycles. The molecule has 1 aliphatic carbocycles. The van der Waals surface area contributed by atoms with Crippen LogP contribution in [0.1, 0.15) is 12.5 Å². The normalized spacial score (nSPS) is 27.7. The van der Waals surface area contributed by atoms with Gasteiger partial charge in [0.15, 0.2) is 5.78 Å². The van der Waals surface area contributed by atoms with Gasteiger partial charge in [0.25, 0.3) is 0 Å². The van der Waals surface area contributed by atoms with E-state index in [-0.39, 0.29) is 28.1 Å². The van der Waals surface area contributed by atoms with E-state index in [0.717, 1.165) is 43.6 Å². The summed E-state index contributed by atoms with van der Waals surface area (Å²) in [7, 11) is 0. The van der Waals surface area contributed by atoms with Crippen LogP contribution >= 0.6 is 0 Å². The number of carbonyl (C=O) groups is 2. The number of ether oxygens (including phenoxy) is 3. The van der Waals surface area contributed by atoms with Crippen LogP contribution < -0.4 is 10.2 Å². The maximum absolute atomic E-state index is 13.0. The summed E-state index contributed by atoms with van der Waals surface area (Å²) in [6, 6.07) is 2.23. The number of carbonyl (C=O) groups excluding carboxylic acids is 2. The van der Waals surface area contributed by atoms with E-state index >= 15 is 0 Å². The summed E-state index contributed by atoms with van der Waals surface area (Å²) >= 11 is 0. The van der Waals surface area contributed by atoms with E-state index in [1.807, 2.05) is 0 Å². The van der Waals surface area contributed by atoms with Gasteiger partial charge in [0.2, 0.25) is 11.7 Å². The molecule has 0 unspecified atom stereocenters. The van der Waals surface area contributed by atoms with Crippen LogP contribution in [0.2, 0.25) is 0 Å². The van der Waals surface area contributed by atoms with Gasteiger partial charge in [0.1, 0.15) is 65.4 Å². The Morgan fingerprint density at radius 2 is 1.77 bits per heavy atom. The molecule has 1 fully saturated rings. The van der Waals surface area contributed by atoms with Crippen molar-refractivity contribution >= 4 is 22.7 Å². The summed E-state index contributed by atoms with van der Waals surface area (Å²) in [5.74, 6) is -1.74. The SMILES string of the molecule is CC(=O)OC[C@H]1O[C@@H](Oc2cc(O)c3c(=O)c(C4(O)C=CC(=O)C=C4)coc3c2)[C@H](O)[C@@H](O)[C@@H]1O. The van der Waals surface area contributed by atoms with Crippen molar-refractivity contribution in [2.45, 2.75) is 43.2 Å². The number of aromatic hydroxyl groups is 1. The second-order valence-electron chi connectivity index (χ2n) is 8.12. The fourth-order valence-corrected chi connectivity index (χ4v) is 3.75. The number of phenols is 1. The lowest BCUT2D eigenvalue weighted by Gasteiger charge is -2.39. The highest BCUT2D eigenvalue weighted by atomic mass is 16.7. The van der Waals surface area contributed by atoms with Gasteiger partial charge in [-0.2, -0.15) is 0 Å². The molecule has 186 valence electrons. The quantitative estimate of drug-likeness (QED) is 0.326. The maximum atomic E-state index is 13.0. The van der Waals surface area contributed by atoms with Crippen LogP contribution in [0, 0.1) is 0 Å². The van der Waals surface area contributed by atoms with E-state index in [9.17, 15) is 39.9 Å². The first-order valence-corrected chi connectivity index (χ1v) is 10.4. The second kappa shape index (κ2) is 9.24. The Bertz CT molecular complexity index is 1260. The fourth-order valence-electron chi connectivity index (χ4n) is 3.75. The molecule has 1 aromatic carbocycles. The molecule has 1 saturated heterocycles. The molecule has 12 nitrogen and oxygen atoms in total. The summed E-state index contributed by atoms with van der Waals surface area (Å²) in [4.78, 5) is 35.4. The van der Waals surface area contributed by atoms with E-state index in [1.54, 1.807) is 0 Å². The van der Waals surface area contributed by atoms with Gasteiger partial charge in [0, 0.05) is 19.1 Å². The van der Waals surface area contributed by atoms with Crippen molar-refractivity contribution in [3.05, 3.63) is 58.5 Å². The Balaban J connectivity index is 1.63. The molecule has 5 N–H and O–H groups in total. The van der Waals surface area contributed by atoms with Crippen LogP contribution in [0.25, 0.3) is 11.0 Å². The van der Waals surface area contributed by atoms with E-state index < -0.39 is 60.1 Å². The number of ketones is 1. The Hall–Kier alpha value is -3.55. The highest BCUT2D eigenvalue weighted by molar-refractivity contribution is 6.00. The number of rotatable bonds is 5. The zero-order valence-corrected chi connectivity index (χ0v) is 18.2. The topological polar surface area (TPSA) is 193 Å². The molecule has 35 heavy (non-hydrogen) atoms. The minimum atomic E-state index is -1.92. The van der Waals surface area contributed by atoms with Crippen LogP contribution in [0.3, 0.4) is 0 Å². The number of hydrogen-bond acceptors (Lipinski definition) is 12. The van der Waals surface area contributed by atoms with E-state index in [2.05, 4.69) is 0 Å². The number of allylic oxidation sites excluding steroid dienone is 2. The van der Waals surface area contributed by atoms with Gasteiger partial charge in [-0.05, 0) is 24.3 Å². The number of aliphatic hydroxyl groups is 4. The average molecular weight is 490 g/mol. The van der Waals surface area contributed by atoms with E-state index in [4.69, 9.17) is 18.6 Å². The highest BCUT2D eigenvalue weighted by Gasteiger charge is 2.45. The monoisotopic (exact) mass is 490 g/mol. The van der Waals surface area contributed by atoms with Gasteiger partial charge >= 0.3 is 5.97 Å². The fraction of sp³-hybridized carbons (Fsp3) is 0.348. The summed E-state index contributed by atoms with van der Waals surface area (Å²) < 4.78 is 21.2. The van der Waals surface area contributed by atoms with Crippen molar-refractivity contribution in [2.75, 3.05) is 6.61 Å². The molecule has 1 aliphatic heterocycles. The van der Waals surface area contributed by atoms with E-state index in [0.29, 0.717) is 0 Å². The number of esters is 1. The maximum Gasteiger partial charge on any atom is 0.302 e. The molecule has 12 heteroatoms. The number of benzene rings is 1. The third kappa shape index (κ3) is 4.70. The molecule has 0 radical (unpaired) electrons. The first-order valence-electron chi connectivity index (χ1n) is 10.4. The van der Waals surface area contributed by atoms with Gasteiger partial charge in [-0.15, -0.1) is 0 Å². The molecule has 0 bridgehead atoms. The number of phenolic OH excluding ortho intramolecular Hbond substituents is 1. The third-order valence-corrected chi connectivity index (χ3v) is 5.64. The van der Waals surface area contributed by atoms with Crippen LogP contribution in [0.4, 0.5) is 0 Å². The van der Waals surface area contributed by atoms with Crippen LogP contribution in [-0.2, 0) is 24.7 Å². The number of hydrogen-bond donors (Lipinski definition) is 5. The predicted octanol–water partition coefficient (Wildman–Crippen LogP) is -0.869. The summed E-state index contributed by atoms with van der Waals surface area (Å²) in [5, 5.41) is 51.4. The first-order chi connectivity index (χ1) is 16.5. The Morgan fingerprint density at radius 1 is 1.09 bits per heavy atom. The molecule has 0 amide bonds. The van der Waals surface area contributed by atoms with Crippen molar-refractivity contribution in [3.8, 4) is 11.5 Å². The number of fused-ring (bicyclic) bond motifs is 1. The standard InChI is InChI=1S/C23H22O12/c1-10(24)32-9-16-19(28)20(29)21(30)22(35-16)34-12-6-14(26)17-15(7-12)33-8-13(18(17)27)23(31)4-2-11(25)3-5-23/h2-8,16,19-22,26,28-31H,9H2,1H3/t16-,19-,20+,21-,22-/m1/s1. The largest absolute Gasteiger partial charge is 0.507 e. The van der Waals surface area contributed by atoms with Crippen LogP contribution in [0.5, 0.6) is 11.5 Å². The zero-order chi connectivity index (χ0) is 25.5. The van der Waals surface area contributed by atoms with Gasteiger partial charge < -0.3 is 44.2 Å². The molecular formula is C23H22O12. The minimum Gasteiger partial charge on any atom is -0.507 e. The lowest BCUT2D eigenvalue weighted by Crippen LogP contribution is -2.60.